The van der Waals surface area contributed by atoms with E-state index in [1.54, 1.807) is 12.4 Å². The van der Waals surface area contributed by atoms with Gasteiger partial charge in [-0.25, -0.2) is 4.98 Å². The van der Waals surface area contributed by atoms with Gasteiger partial charge in [-0.1, -0.05) is 17.7 Å². The third-order valence-corrected chi connectivity index (χ3v) is 3.24. The van der Waals surface area contributed by atoms with E-state index >= 15 is 0 Å². The fourth-order valence-corrected chi connectivity index (χ4v) is 2.40. The number of hydrogen-bond donors (Lipinski definition) is 1. The second-order valence-corrected chi connectivity index (χ2v) is 5.20. The number of carbonyl (C=O) groups is 1. The number of carbonyl (C=O) groups excluding carboxylic acids is 1. The number of aromatic nitrogens is 2. The molecule has 0 radical (unpaired) electrons. The lowest BCUT2D eigenvalue weighted by Crippen LogP contribution is -2.23. The molecule has 2 aromatic heterocycles. The van der Waals surface area contributed by atoms with Crippen LogP contribution in [0.1, 0.15) is 20.9 Å². The quantitative estimate of drug-likeness (QED) is 0.929. The van der Waals surface area contributed by atoms with Gasteiger partial charge in [0.2, 0.25) is 0 Å². The number of hydrogen-bond acceptors (Lipinski definition) is 4. The summed E-state index contributed by atoms with van der Waals surface area (Å²) < 4.78 is 0.383. The Kier molecular flexibility index (Phi) is 3.71. The molecule has 0 saturated heterocycles. The van der Waals surface area contributed by atoms with Crippen molar-refractivity contribution in [2.45, 2.75) is 13.5 Å². The standard InChI is InChI=1S/C11H10ClN3OS/c1-7-9(15-11(12)17-7)10(16)14-6-8-3-2-4-13-5-8/h2-5H,6H2,1H3,(H,14,16). The number of thiazole rings is 1. The number of amides is 1. The van der Waals surface area contributed by atoms with Crippen molar-refractivity contribution >= 4 is 28.8 Å². The van der Waals surface area contributed by atoms with Crippen molar-refractivity contribution in [3.63, 3.8) is 0 Å². The highest BCUT2D eigenvalue weighted by Crippen LogP contribution is 2.21. The highest BCUT2D eigenvalue weighted by Gasteiger charge is 2.13. The van der Waals surface area contributed by atoms with E-state index in [-0.39, 0.29) is 5.91 Å². The second-order valence-electron chi connectivity index (χ2n) is 3.42. The Bertz CT molecular complexity index is 527. The van der Waals surface area contributed by atoms with Crippen LogP contribution in [0.5, 0.6) is 0 Å². The SMILES string of the molecule is Cc1sc(Cl)nc1C(=O)NCc1cccnc1. The van der Waals surface area contributed by atoms with Gasteiger partial charge in [0.1, 0.15) is 5.69 Å². The molecule has 0 fully saturated rings. The molecule has 0 aliphatic rings. The van der Waals surface area contributed by atoms with Gasteiger partial charge in [-0.2, -0.15) is 0 Å². The van der Waals surface area contributed by atoms with Crippen LogP contribution in [0.4, 0.5) is 0 Å². The Morgan fingerprint density at radius 1 is 1.59 bits per heavy atom. The zero-order chi connectivity index (χ0) is 12.3. The Morgan fingerprint density at radius 2 is 2.41 bits per heavy atom. The molecule has 2 rings (SSSR count). The summed E-state index contributed by atoms with van der Waals surface area (Å²) in [5.74, 6) is -0.213. The zero-order valence-corrected chi connectivity index (χ0v) is 10.7. The van der Waals surface area contributed by atoms with Crippen molar-refractivity contribution in [2.24, 2.45) is 0 Å². The molecule has 2 heterocycles. The van der Waals surface area contributed by atoms with E-state index in [0.717, 1.165) is 10.4 Å². The number of nitrogens with zero attached hydrogens (tertiary/aromatic N) is 2. The summed E-state index contributed by atoms with van der Waals surface area (Å²) in [5, 5.41) is 2.78. The minimum absolute atomic E-state index is 0.213. The van der Waals surface area contributed by atoms with Crippen molar-refractivity contribution in [3.8, 4) is 0 Å². The van der Waals surface area contributed by atoms with E-state index in [4.69, 9.17) is 11.6 Å². The van der Waals surface area contributed by atoms with Gasteiger partial charge in [-0.05, 0) is 18.6 Å². The van der Waals surface area contributed by atoms with Gasteiger partial charge in [0.25, 0.3) is 5.91 Å². The molecule has 0 aliphatic carbocycles. The molecule has 0 spiro atoms. The van der Waals surface area contributed by atoms with Crippen molar-refractivity contribution in [1.82, 2.24) is 15.3 Å². The molecule has 0 bridgehead atoms. The Morgan fingerprint density at radius 3 is 3.00 bits per heavy atom. The number of pyridine rings is 1. The Hall–Kier alpha value is -1.46. The lowest BCUT2D eigenvalue weighted by atomic mass is 10.3. The van der Waals surface area contributed by atoms with Crippen LogP contribution in [0.15, 0.2) is 24.5 Å². The first-order valence-corrected chi connectivity index (χ1v) is 6.16. The number of aryl methyl sites for hydroxylation is 1. The van der Waals surface area contributed by atoms with Crippen LogP contribution < -0.4 is 5.32 Å². The second kappa shape index (κ2) is 5.25. The predicted octanol–water partition coefficient (Wildman–Crippen LogP) is 2.43. The minimum atomic E-state index is -0.213. The molecule has 6 heteroatoms. The molecular weight excluding hydrogens is 258 g/mol. The lowest BCUT2D eigenvalue weighted by Gasteiger charge is -2.03. The molecule has 4 nitrogen and oxygen atoms in total. The molecule has 88 valence electrons. The first-order valence-electron chi connectivity index (χ1n) is 4.97. The summed E-state index contributed by atoms with van der Waals surface area (Å²) in [7, 11) is 0. The first-order chi connectivity index (χ1) is 8.16. The van der Waals surface area contributed by atoms with Crippen molar-refractivity contribution < 1.29 is 4.79 Å². The lowest BCUT2D eigenvalue weighted by molar-refractivity contribution is 0.0946. The fourth-order valence-electron chi connectivity index (χ4n) is 1.34. The largest absolute Gasteiger partial charge is 0.347 e. The normalized spacial score (nSPS) is 10.2. The van der Waals surface area contributed by atoms with Gasteiger partial charge in [0.05, 0.1) is 0 Å². The van der Waals surface area contributed by atoms with Crippen LogP contribution in [0.2, 0.25) is 4.47 Å². The highest BCUT2D eigenvalue weighted by atomic mass is 35.5. The third-order valence-electron chi connectivity index (χ3n) is 2.16. The number of nitrogens with one attached hydrogen (secondary N) is 1. The maximum absolute atomic E-state index is 11.8. The molecule has 0 aliphatic heterocycles. The van der Waals surface area contributed by atoms with Gasteiger partial charge in [-0.3, -0.25) is 9.78 Å². The molecule has 1 amide bonds. The predicted molar refractivity (Wildman–Crippen MR) is 67.3 cm³/mol. The van der Waals surface area contributed by atoms with Gasteiger partial charge in [0.15, 0.2) is 4.47 Å². The molecule has 17 heavy (non-hydrogen) atoms. The third kappa shape index (κ3) is 3.01. The van der Waals surface area contributed by atoms with Gasteiger partial charge >= 0.3 is 0 Å². The van der Waals surface area contributed by atoms with E-state index < -0.39 is 0 Å². The van der Waals surface area contributed by atoms with Crippen LogP contribution in [0.25, 0.3) is 0 Å². The van der Waals surface area contributed by atoms with Crippen LogP contribution >= 0.6 is 22.9 Å². The first kappa shape index (κ1) is 12.0. The van der Waals surface area contributed by atoms with Gasteiger partial charge < -0.3 is 5.32 Å². The highest BCUT2D eigenvalue weighted by molar-refractivity contribution is 7.15. The van der Waals surface area contributed by atoms with Crippen molar-refractivity contribution in [3.05, 3.63) is 45.1 Å². The number of rotatable bonds is 3. The smallest absolute Gasteiger partial charge is 0.271 e. The van der Waals surface area contributed by atoms with E-state index in [1.807, 2.05) is 19.1 Å². The summed E-state index contributed by atoms with van der Waals surface area (Å²) in [5.41, 5.74) is 1.34. The van der Waals surface area contributed by atoms with Crippen LogP contribution in [-0.2, 0) is 6.54 Å². The van der Waals surface area contributed by atoms with Crippen molar-refractivity contribution in [2.75, 3.05) is 0 Å². The van der Waals surface area contributed by atoms with Crippen molar-refractivity contribution in [1.29, 1.82) is 0 Å². The molecular formula is C11H10ClN3OS. The summed E-state index contributed by atoms with van der Waals surface area (Å²) in [4.78, 5) is 20.6. The molecule has 0 unspecified atom stereocenters. The minimum Gasteiger partial charge on any atom is -0.347 e. The van der Waals surface area contributed by atoms with Gasteiger partial charge in [-0.15, -0.1) is 11.3 Å². The zero-order valence-electron chi connectivity index (χ0n) is 9.11. The summed E-state index contributed by atoms with van der Waals surface area (Å²) in [6.45, 7) is 2.25. The topological polar surface area (TPSA) is 54.9 Å². The Balaban J connectivity index is 2.01. The molecule has 1 N–H and O–H groups in total. The maximum Gasteiger partial charge on any atom is 0.271 e. The molecule has 0 atom stereocenters. The van der Waals surface area contributed by atoms with Crippen LogP contribution in [0.3, 0.4) is 0 Å². The maximum atomic E-state index is 11.8. The van der Waals surface area contributed by atoms with Gasteiger partial charge in [0, 0.05) is 23.8 Å². The number of halogens is 1. The average molecular weight is 268 g/mol. The molecule has 2 aromatic rings. The monoisotopic (exact) mass is 267 g/mol. The van der Waals surface area contributed by atoms with E-state index in [0.29, 0.717) is 16.7 Å². The van der Waals surface area contributed by atoms with E-state index in [9.17, 15) is 4.79 Å². The summed E-state index contributed by atoms with van der Waals surface area (Å²) in [6, 6.07) is 3.72. The van der Waals surface area contributed by atoms with Crippen LogP contribution in [0, 0.1) is 6.92 Å². The Labute approximate surface area is 108 Å². The van der Waals surface area contributed by atoms with Crippen LogP contribution in [-0.4, -0.2) is 15.9 Å². The van der Waals surface area contributed by atoms with E-state index in [1.165, 1.54) is 11.3 Å². The average Bonchev–Trinajstić information content (AvgIpc) is 2.67. The molecule has 0 saturated carbocycles. The summed E-state index contributed by atoms with van der Waals surface area (Å²) >= 11 is 7.04. The molecule has 0 aromatic carbocycles. The fraction of sp³-hybridized carbons (Fsp3) is 0.182. The van der Waals surface area contributed by atoms with E-state index in [2.05, 4.69) is 15.3 Å². The summed E-state index contributed by atoms with van der Waals surface area (Å²) in [6.07, 6.45) is 3.40.